The standard InChI is InChI=1S/C12H10N4O2/c1-15-9-6-14-11(16-3-2-13-7-16)4-8(9)10(17)5-12(15)18/h2-4,6-7H,5H2,1H3. The zero-order chi connectivity index (χ0) is 12.7. The van der Waals surface area contributed by atoms with Crippen LogP contribution in [-0.2, 0) is 4.79 Å². The molecule has 0 unspecified atom stereocenters. The van der Waals surface area contributed by atoms with Crippen LogP contribution in [0.4, 0.5) is 5.69 Å². The van der Waals surface area contributed by atoms with E-state index in [-0.39, 0.29) is 18.1 Å². The van der Waals surface area contributed by atoms with Gasteiger partial charge >= 0.3 is 0 Å². The van der Waals surface area contributed by atoms with Gasteiger partial charge in [0.15, 0.2) is 5.78 Å². The maximum absolute atomic E-state index is 11.9. The van der Waals surface area contributed by atoms with E-state index in [0.717, 1.165) is 0 Å². The van der Waals surface area contributed by atoms with E-state index in [9.17, 15) is 9.59 Å². The Morgan fingerprint density at radius 1 is 1.33 bits per heavy atom. The van der Waals surface area contributed by atoms with Crippen LogP contribution in [0.1, 0.15) is 16.8 Å². The molecule has 18 heavy (non-hydrogen) atoms. The van der Waals surface area contributed by atoms with Crippen molar-refractivity contribution in [2.45, 2.75) is 6.42 Å². The number of aromatic nitrogens is 3. The molecule has 90 valence electrons. The highest BCUT2D eigenvalue weighted by molar-refractivity contribution is 6.19. The number of hydrogen-bond donors (Lipinski definition) is 0. The molecule has 0 saturated heterocycles. The second kappa shape index (κ2) is 3.76. The fourth-order valence-corrected chi connectivity index (χ4v) is 1.95. The van der Waals surface area contributed by atoms with Gasteiger partial charge in [-0.3, -0.25) is 14.2 Å². The molecule has 2 aromatic heterocycles. The molecule has 0 spiro atoms. The molecule has 0 N–H and O–H groups in total. The van der Waals surface area contributed by atoms with E-state index in [2.05, 4.69) is 9.97 Å². The van der Waals surface area contributed by atoms with Crippen molar-refractivity contribution in [3.05, 3.63) is 36.5 Å². The largest absolute Gasteiger partial charge is 0.313 e. The molecular weight excluding hydrogens is 232 g/mol. The summed E-state index contributed by atoms with van der Waals surface area (Å²) in [6.45, 7) is 0. The molecule has 6 nitrogen and oxygen atoms in total. The number of imidazole rings is 1. The van der Waals surface area contributed by atoms with E-state index in [4.69, 9.17) is 0 Å². The molecule has 1 amide bonds. The van der Waals surface area contributed by atoms with Gasteiger partial charge in [0.05, 0.1) is 18.3 Å². The number of pyridine rings is 1. The Labute approximate surface area is 103 Å². The van der Waals surface area contributed by atoms with Crippen LogP contribution in [0.3, 0.4) is 0 Å². The SMILES string of the molecule is CN1C(=O)CC(=O)c2cc(-n3ccnc3)ncc21. The average molecular weight is 242 g/mol. The van der Waals surface area contributed by atoms with Crippen molar-refractivity contribution >= 4 is 17.4 Å². The van der Waals surface area contributed by atoms with Crippen molar-refractivity contribution in [1.29, 1.82) is 0 Å². The van der Waals surface area contributed by atoms with E-state index >= 15 is 0 Å². The van der Waals surface area contributed by atoms with Crippen LogP contribution in [0.25, 0.3) is 5.82 Å². The number of fused-ring (bicyclic) bond motifs is 1. The van der Waals surface area contributed by atoms with Crippen LogP contribution in [0, 0.1) is 0 Å². The van der Waals surface area contributed by atoms with Gasteiger partial charge in [-0.1, -0.05) is 0 Å². The summed E-state index contributed by atoms with van der Waals surface area (Å²) in [4.78, 5) is 33.0. The molecule has 1 aliphatic rings. The number of anilines is 1. The Morgan fingerprint density at radius 3 is 2.89 bits per heavy atom. The predicted octanol–water partition coefficient (Wildman–Crippen LogP) is 0.817. The fraction of sp³-hybridized carbons (Fsp3) is 0.167. The lowest BCUT2D eigenvalue weighted by Gasteiger charge is -2.24. The molecule has 3 heterocycles. The first-order chi connectivity index (χ1) is 8.66. The molecule has 1 aliphatic heterocycles. The van der Waals surface area contributed by atoms with E-state index in [1.807, 2.05) is 0 Å². The number of carbonyl (C=O) groups is 2. The zero-order valence-corrected chi connectivity index (χ0v) is 9.70. The highest BCUT2D eigenvalue weighted by Gasteiger charge is 2.28. The minimum absolute atomic E-state index is 0.0864. The highest BCUT2D eigenvalue weighted by Crippen LogP contribution is 2.27. The topological polar surface area (TPSA) is 68.1 Å². The van der Waals surface area contributed by atoms with Crippen LogP contribution in [-0.4, -0.2) is 33.3 Å². The molecule has 0 aromatic carbocycles. The smallest absolute Gasteiger partial charge is 0.234 e. The van der Waals surface area contributed by atoms with Crippen molar-refractivity contribution < 1.29 is 9.59 Å². The minimum Gasteiger partial charge on any atom is -0.313 e. The number of ketones is 1. The lowest BCUT2D eigenvalue weighted by molar-refractivity contribution is -0.117. The lowest BCUT2D eigenvalue weighted by Crippen LogP contribution is -2.34. The summed E-state index contributed by atoms with van der Waals surface area (Å²) < 4.78 is 1.71. The van der Waals surface area contributed by atoms with Gasteiger partial charge < -0.3 is 4.90 Å². The van der Waals surface area contributed by atoms with Crippen molar-refractivity contribution in [3.8, 4) is 5.82 Å². The Morgan fingerprint density at radius 2 is 2.17 bits per heavy atom. The summed E-state index contributed by atoms with van der Waals surface area (Å²) in [7, 11) is 1.65. The third-order valence-corrected chi connectivity index (χ3v) is 2.99. The number of nitrogens with zero attached hydrogens (tertiary/aromatic N) is 4. The molecule has 3 rings (SSSR count). The molecule has 0 aliphatic carbocycles. The van der Waals surface area contributed by atoms with Crippen molar-refractivity contribution in [2.75, 3.05) is 11.9 Å². The molecular formula is C12H10N4O2. The Kier molecular flexibility index (Phi) is 2.22. The summed E-state index contributed by atoms with van der Waals surface area (Å²) in [6.07, 6.45) is 6.45. The Balaban J connectivity index is 2.13. The Bertz CT molecular complexity index is 634. The molecule has 2 aromatic rings. The second-order valence-corrected chi connectivity index (χ2v) is 4.08. The summed E-state index contributed by atoms with van der Waals surface area (Å²) in [5.74, 6) is 0.240. The van der Waals surface area contributed by atoms with Crippen molar-refractivity contribution in [2.24, 2.45) is 0 Å². The first-order valence-corrected chi connectivity index (χ1v) is 5.45. The van der Waals surface area contributed by atoms with Crippen LogP contribution in [0.5, 0.6) is 0 Å². The quantitative estimate of drug-likeness (QED) is 0.694. The Hall–Kier alpha value is -2.50. The fourth-order valence-electron chi connectivity index (χ4n) is 1.95. The normalized spacial score (nSPS) is 14.8. The van der Waals surface area contributed by atoms with Crippen LogP contribution >= 0.6 is 0 Å². The number of carbonyl (C=O) groups excluding carboxylic acids is 2. The molecule has 0 saturated carbocycles. The van der Waals surface area contributed by atoms with Crippen molar-refractivity contribution in [1.82, 2.24) is 14.5 Å². The van der Waals surface area contributed by atoms with Gasteiger partial charge in [0, 0.05) is 25.0 Å². The monoisotopic (exact) mass is 242 g/mol. The molecule has 0 atom stereocenters. The van der Waals surface area contributed by atoms with Crippen molar-refractivity contribution in [3.63, 3.8) is 0 Å². The van der Waals surface area contributed by atoms with E-state index < -0.39 is 0 Å². The van der Waals surface area contributed by atoms with Gasteiger partial charge in [0.1, 0.15) is 12.1 Å². The molecule has 0 bridgehead atoms. The first-order valence-electron chi connectivity index (χ1n) is 5.45. The molecule has 0 radical (unpaired) electrons. The summed E-state index contributed by atoms with van der Waals surface area (Å²) in [5, 5.41) is 0. The average Bonchev–Trinajstić information content (AvgIpc) is 2.89. The van der Waals surface area contributed by atoms with Gasteiger partial charge in [-0.25, -0.2) is 9.97 Å². The maximum atomic E-state index is 11.9. The zero-order valence-electron chi connectivity index (χ0n) is 9.70. The number of amides is 1. The predicted molar refractivity (Wildman–Crippen MR) is 63.7 cm³/mol. The van der Waals surface area contributed by atoms with E-state index in [1.165, 1.54) is 4.90 Å². The summed E-state index contributed by atoms with van der Waals surface area (Å²) in [5.41, 5.74) is 1.08. The van der Waals surface area contributed by atoms with E-state index in [1.54, 1.807) is 42.6 Å². The third kappa shape index (κ3) is 1.50. The van der Waals surface area contributed by atoms with Crippen LogP contribution in [0.15, 0.2) is 31.0 Å². The van der Waals surface area contributed by atoms with E-state index in [0.29, 0.717) is 17.1 Å². The molecule has 6 heteroatoms. The van der Waals surface area contributed by atoms with Gasteiger partial charge in [0.2, 0.25) is 5.91 Å². The van der Waals surface area contributed by atoms with Gasteiger partial charge in [-0.05, 0) is 6.07 Å². The van der Waals surface area contributed by atoms with Gasteiger partial charge in [-0.15, -0.1) is 0 Å². The summed E-state index contributed by atoms with van der Waals surface area (Å²) >= 11 is 0. The van der Waals surface area contributed by atoms with Crippen LogP contribution in [0.2, 0.25) is 0 Å². The third-order valence-electron chi connectivity index (χ3n) is 2.99. The van der Waals surface area contributed by atoms with Gasteiger partial charge in [0.25, 0.3) is 0 Å². The lowest BCUT2D eigenvalue weighted by atomic mass is 10.0. The molecule has 0 fully saturated rings. The number of Topliss-reactive ketones (excluding diaryl/α,β-unsaturated/α-hetero) is 1. The highest BCUT2D eigenvalue weighted by atomic mass is 16.2. The summed E-state index contributed by atoms with van der Waals surface area (Å²) in [6, 6.07) is 1.68. The number of hydrogen-bond acceptors (Lipinski definition) is 4. The maximum Gasteiger partial charge on any atom is 0.234 e. The second-order valence-electron chi connectivity index (χ2n) is 4.08. The number of rotatable bonds is 1. The minimum atomic E-state index is -0.204. The van der Waals surface area contributed by atoms with Crippen LogP contribution < -0.4 is 4.90 Å². The van der Waals surface area contributed by atoms with Gasteiger partial charge in [-0.2, -0.15) is 0 Å². The first kappa shape index (κ1) is 10.6.